The number of amides is 2. The Morgan fingerprint density at radius 2 is 1.94 bits per heavy atom. The van der Waals surface area contributed by atoms with Crippen molar-refractivity contribution < 1.29 is 14.7 Å². The first-order chi connectivity index (χ1) is 14.8. The topological polar surface area (TPSA) is 107 Å². The maximum absolute atomic E-state index is 12.8. The minimum atomic E-state index is -0.608. The Hall–Kier alpha value is -2.43. The molecular weight excluding hydrogens is 497 g/mol. The summed E-state index contributed by atoms with van der Waals surface area (Å²) < 4.78 is 0. The molecule has 2 amide bonds. The maximum Gasteiger partial charge on any atom is 0.284 e. The zero-order chi connectivity index (χ0) is 22.1. The van der Waals surface area contributed by atoms with E-state index in [0.717, 1.165) is 30.1 Å². The minimum Gasteiger partial charge on any atom is -0.506 e. The molecule has 2 aromatic heterocycles. The Balaban J connectivity index is 0.00000289. The molecule has 1 aliphatic heterocycles. The fourth-order valence-electron chi connectivity index (χ4n) is 3.12. The highest BCUT2D eigenvalue weighted by molar-refractivity contribution is 7.13. The van der Waals surface area contributed by atoms with Gasteiger partial charge in [0, 0.05) is 41.7 Å². The minimum absolute atomic E-state index is 0. The summed E-state index contributed by atoms with van der Waals surface area (Å²) in [6.45, 7) is 1.60. The Labute approximate surface area is 204 Å². The quantitative estimate of drug-likeness (QED) is 0.444. The van der Waals surface area contributed by atoms with Crippen molar-refractivity contribution in [2.45, 2.75) is 13.0 Å². The van der Waals surface area contributed by atoms with Crippen molar-refractivity contribution >= 4 is 70.3 Å². The number of fused-ring (bicyclic) bond motifs is 1. The second kappa shape index (κ2) is 10.0. The van der Waals surface area contributed by atoms with Crippen LogP contribution in [-0.4, -0.2) is 45.4 Å². The number of thiazole rings is 1. The van der Waals surface area contributed by atoms with Gasteiger partial charge in [0.1, 0.15) is 11.6 Å². The number of benzene rings is 1. The van der Waals surface area contributed by atoms with Gasteiger partial charge >= 0.3 is 0 Å². The molecule has 0 saturated heterocycles. The summed E-state index contributed by atoms with van der Waals surface area (Å²) in [7, 11) is 2.01. The van der Waals surface area contributed by atoms with Gasteiger partial charge in [0.15, 0.2) is 5.01 Å². The van der Waals surface area contributed by atoms with Crippen LogP contribution in [-0.2, 0) is 13.0 Å². The standard InChI is InChI=1S/C20H17Cl2N5O3S.ClH/c1-27-5-4-13-15(9-27)31-20(24-13)19(30)26-17-12(6-11(22)7-14(17)28)18(29)25-16-3-2-10(21)8-23-16;/h2-3,6-8,28H,4-5,9H2,1H3,(H,26,30)(H,23,25,29);1H. The first-order valence-corrected chi connectivity index (χ1v) is 10.8. The molecule has 8 nitrogen and oxygen atoms in total. The number of carbonyl (C=O) groups excluding carboxylic acids is 2. The van der Waals surface area contributed by atoms with Gasteiger partial charge in [-0.15, -0.1) is 23.7 Å². The molecule has 4 rings (SSSR count). The monoisotopic (exact) mass is 513 g/mol. The van der Waals surface area contributed by atoms with Crippen molar-refractivity contribution in [2.24, 2.45) is 0 Å². The molecule has 0 radical (unpaired) electrons. The molecule has 12 heteroatoms. The SMILES string of the molecule is CN1CCc2nc(C(=O)Nc3c(O)cc(Cl)cc3C(=O)Nc3ccc(Cl)cn3)sc2C1.Cl. The smallest absolute Gasteiger partial charge is 0.284 e. The van der Waals surface area contributed by atoms with Crippen molar-refractivity contribution in [2.75, 3.05) is 24.2 Å². The average Bonchev–Trinajstić information content (AvgIpc) is 3.14. The van der Waals surface area contributed by atoms with E-state index in [4.69, 9.17) is 23.2 Å². The zero-order valence-electron chi connectivity index (χ0n) is 16.7. The van der Waals surface area contributed by atoms with E-state index >= 15 is 0 Å². The van der Waals surface area contributed by atoms with Gasteiger partial charge in [0.05, 0.1) is 22.0 Å². The van der Waals surface area contributed by atoms with Crippen LogP contribution in [0.2, 0.25) is 10.0 Å². The number of aromatic nitrogens is 2. The van der Waals surface area contributed by atoms with Crippen LogP contribution in [0.3, 0.4) is 0 Å². The highest BCUT2D eigenvalue weighted by Crippen LogP contribution is 2.33. The van der Waals surface area contributed by atoms with Crippen LogP contribution in [0.4, 0.5) is 11.5 Å². The third-order valence-electron chi connectivity index (χ3n) is 4.65. The number of likely N-dealkylation sites (N-methyl/N-ethyl adjacent to an activating group) is 1. The van der Waals surface area contributed by atoms with Crippen molar-refractivity contribution in [1.29, 1.82) is 0 Å². The van der Waals surface area contributed by atoms with Crippen molar-refractivity contribution in [3.05, 3.63) is 61.6 Å². The van der Waals surface area contributed by atoms with Crippen LogP contribution in [0.25, 0.3) is 0 Å². The molecule has 0 atom stereocenters. The van der Waals surface area contributed by atoms with Gasteiger partial charge in [0.25, 0.3) is 11.8 Å². The molecule has 0 saturated carbocycles. The van der Waals surface area contributed by atoms with Crippen molar-refractivity contribution in [3.8, 4) is 5.75 Å². The fourth-order valence-corrected chi connectivity index (χ4v) is 4.53. The summed E-state index contributed by atoms with van der Waals surface area (Å²) in [5.74, 6) is -1.21. The number of nitrogens with zero attached hydrogens (tertiary/aromatic N) is 3. The third-order valence-corrected chi connectivity index (χ3v) is 6.17. The lowest BCUT2D eigenvalue weighted by Crippen LogP contribution is -2.25. The second-order valence-corrected chi connectivity index (χ2v) is 8.95. The lowest BCUT2D eigenvalue weighted by atomic mass is 10.1. The molecule has 0 spiro atoms. The number of pyridine rings is 1. The number of carbonyl (C=O) groups is 2. The highest BCUT2D eigenvalue weighted by atomic mass is 35.5. The van der Waals surface area contributed by atoms with E-state index in [2.05, 4.69) is 25.5 Å². The fraction of sp³-hybridized carbons (Fsp3) is 0.200. The van der Waals surface area contributed by atoms with Gasteiger partial charge in [-0.05, 0) is 25.2 Å². The lowest BCUT2D eigenvalue weighted by Gasteiger charge is -2.20. The molecule has 3 N–H and O–H groups in total. The Bertz CT molecular complexity index is 1170. The molecule has 1 aromatic carbocycles. The molecule has 32 heavy (non-hydrogen) atoms. The van der Waals surface area contributed by atoms with Crippen LogP contribution >= 0.6 is 46.9 Å². The van der Waals surface area contributed by atoms with E-state index in [9.17, 15) is 14.7 Å². The summed E-state index contributed by atoms with van der Waals surface area (Å²) in [5, 5.41) is 16.4. The summed E-state index contributed by atoms with van der Waals surface area (Å²) in [6.07, 6.45) is 2.15. The molecule has 0 unspecified atom stereocenters. The molecule has 0 aliphatic carbocycles. The van der Waals surface area contributed by atoms with Crippen molar-refractivity contribution in [1.82, 2.24) is 14.9 Å². The van der Waals surface area contributed by atoms with Gasteiger partial charge in [-0.1, -0.05) is 23.2 Å². The van der Waals surface area contributed by atoms with Crippen LogP contribution in [0, 0.1) is 0 Å². The van der Waals surface area contributed by atoms with Gasteiger partial charge in [-0.2, -0.15) is 0 Å². The summed E-state index contributed by atoms with van der Waals surface area (Å²) in [5.41, 5.74) is 0.822. The van der Waals surface area contributed by atoms with Gasteiger partial charge in [-0.25, -0.2) is 9.97 Å². The number of nitrogens with one attached hydrogen (secondary N) is 2. The average molecular weight is 515 g/mol. The van der Waals surface area contributed by atoms with Crippen molar-refractivity contribution in [3.63, 3.8) is 0 Å². The van der Waals surface area contributed by atoms with Crippen LogP contribution in [0.5, 0.6) is 5.75 Å². The van der Waals surface area contributed by atoms with Gasteiger partial charge < -0.3 is 20.6 Å². The van der Waals surface area contributed by atoms with Crippen LogP contribution < -0.4 is 10.6 Å². The molecule has 3 heterocycles. The van der Waals surface area contributed by atoms with E-state index < -0.39 is 11.8 Å². The second-order valence-electron chi connectivity index (χ2n) is 6.99. The van der Waals surface area contributed by atoms with Crippen LogP contribution in [0.1, 0.15) is 30.7 Å². The number of phenols is 1. The molecule has 168 valence electrons. The number of aromatic hydroxyl groups is 1. The molecule has 3 aromatic rings. The highest BCUT2D eigenvalue weighted by Gasteiger charge is 2.24. The first-order valence-electron chi connectivity index (χ1n) is 9.24. The Morgan fingerprint density at radius 1 is 1.16 bits per heavy atom. The van der Waals surface area contributed by atoms with Gasteiger partial charge in [0.2, 0.25) is 0 Å². The zero-order valence-corrected chi connectivity index (χ0v) is 19.8. The number of anilines is 2. The molecule has 1 aliphatic rings. The lowest BCUT2D eigenvalue weighted by molar-refractivity contribution is 0.102. The molecular formula is C20H18Cl3N5O3S. The summed E-state index contributed by atoms with van der Waals surface area (Å²) >= 11 is 13.1. The van der Waals surface area contributed by atoms with E-state index in [-0.39, 0.29) is 45.3 Å². The van der Waals surface area contributed by atoms with E-state index in [1.807, 2.05) is 7.05 Å². The van der Waals surface area contributed by atoms with Crippen LogP contribution in [0.15, 0.2) is 30.5 Å². The Kier molecular flexibility index (Phi) is 7.58. The summed E-state index contributed by atoms with van der Waals surface area (Å²) in [6, 6.07) is 5.70. The molecule has 0 bridgehead atoms. The number of hydrogen-bond acceptors (Lipinski definition) is 7. The third kappa shape index (κ3) is 5.31. The van der Waals surface area contributed by atoms with E-state index in [0.29, 0.717) is 5.02 Å². The van der Waals surface area contributed by atoms with E-state index in [1.54, 1.807) is 6.07 Å². The normalized spacial score (nSPS) is 13.1. The number of rotatable bonds is 4. The first kappa shape index (κ1) is 24.2. The number of halogens is 3. The predicted molar refractivity (Wildman–Crippen MR) is 128 cm³/mol. The largest absolute Gasteiger partial charge is 0.506 e. The molecule has 0 fully saturated rings. The predicted octanol–water partition coefficient (Wildman–Crippen LogP) is 4.46. The summed E-state index contributed by atoms with van der Waals surface area (Å²) in [4.78, 5) is 37.3. The Morgan fingerprint density at radius 3 is 2.66 bits per heavy atom. The maximum atomic E-state index is 12.8. The number of phenolic OH excluding ortho intramolecular Hbond substituents is 1. The number of hydrogen-bond donors (Lipinski definition) is 3. The van der Waals surface area contributed by atoms with E-state index in [1.165, 1.54) is 35.7 Å². The van der Waals surface area contributed by atoms with Gasteiger partial charge in [-0.3, -0.25) is 9.59 Å².